The molecule has 0 spiro atoms. The van der Waals surface area contributed by atoms with E-state index in [9.17, 15) is 4.79 Å². The van der Waals surface area contributed by atoms with Crippen LogP contribution in [0.3, 0.4) is 0 Å². The van der Waals surface area contributed by atoms with Crippen molar-refractivity contribution in [3.63, 3.8) is 0 Å². The number of hydrogen-bond acceptors (Lipinski definition) is 2. The van der Waals surface area contributed by atoms with Gasteiger partial charge in [-0.05, 0) is 47.7 Å². The topological polar surface area (TPSA) is 41.1 Å². The van der Waals surface area contributed by atoms with Gasteiger partial charge in [-0.15, -0.1) is 0 Å². The van der Waals surface area contributed by atoms with Crippen LogP contribution < -0.4 is 10.9 Å². The van der Waals surface area contributed by atoms with Crippen molar-refractivity contribution in [2.24, 2.45) is 5.41 Å². The fraction of sp³-hybridized carbons (Fsp3) is 0.316. The molecular formula is C19H22N2O. The fourth-order valence-electron chi connectivity index (χ4n) is 2.93. The number of rotatable bonds is 2. The molecule has 0 atom stereocenters. The van der Waals surface area contributed by atoms with Crippen LogP contribution in [0.25, 0.3) is 16.8 Å². The number of benzene rings is 2. The van der Waals surface area contributed by atoms with E-state index < -0.39 is 5.41 Å². The lowest BCUT2D eigenvalue weighted by Gasteiger charge is -2.16. The summed E-state index contributed by atoms with van der Waals surface area (Å²) in [6, 6.07) is 12.8. The summed E-state index contributed by atoms with van der Waals surface area (Å²) < 4.78 is 0. The molecule has 2 N–H and O–H groups in total. The predicted molar refractivity (Wildman–Crippen MR) is 91.1 cm³/mol. The Morgan fingerprint density at radius 3 is 2.32 bits per heavy atom. The number of carbonyl (C=O) groups excluding carboxylic acids is 1. The first-order valence-corrected chi connectivity index (χ1v) is 7.71. The molecule has 22 heavy (non-hydrogen) atoms. The lowest BCUT2D eigenvalue weighted by molar-refractivity contribution is -0.125. The van der Waals surface area contributed by atoms with E-state index in [1.54, 1.807) is 0 Å². The zero-order chi connectivity index (χ0) is 15.9. The Morgan fingerprint density at radius 2 is 1.73 bits per heavy atom. The van der Waals surface area contributed by atoms with Gasteiger partial charge in [0.2, 0.25) is 5.91 Å². The van der Waals surface area contributed by atoms with Crippen LogP contribution in [0.2, 0.25) is 0 Å². The summed E-state index contributed by atoms with van der Waals surface area (Å²) in [5, 5.41) is 2.50. The minimum absolute atomic E-state index is 0.00284. The maximum Gasteiger partial charge on any atom is 0.249 e. The summed E-state index contributed by atoms with van der Waals surface area (Å²) in [6.45, 7) is 8.29. The van der Waals surface area contributed by atoms with Gasteiger partial charge in [0.1, 0.15) is 0 Å². The highest BCUT2D eigenvalue weighted by atomic mass is 16.2. The first kappa shape index (κ1) is 14.6. The summed E-state index contributed by atoms with van der Waals surface area (Å²) in [4.78, 5) is 11.9. The molecule has 2 aromatic rings. The second-order valence-corrected chi connectivity index (χ2v) is 6.71. The zero-order valence-corrected chi connectivity index (χ0v) is 13.5. The van der Waals surface area contributed by atoms with Gasteiger partial charge in [-0.2, -0.15) is 0 Å². The van der Waals surface area contributed by atoms with Gasteiger partial charge in [-0.3, -0.25) is 10.2 Å². The molecule has 1 heterocycles. The number of amides is 1. The molecule has 0 aromatic heterocycles. The molecule has 3 nitrogen and oxygen atoms in total. The van der Waals surface area contributed by atoms with E-state index in [4.69, 9.17) is 0 Å². The SMILES string of the molecule is CC(C)c1cccc2cccc(/C=C3\NNC(=O)C3(C)C)c12. The standard InChI is InChI=1S/C19H22N2O/c1-12(2)15-10-6-8-13-7-5-9-14(17(13)15)11-16-19(3,4)18(22)21-20-16/h5-12,20H,1-4H3,(H,21,22)/b16-11-. The Balaban J connectivity index is 2.22. The smallest absolute Gasteiger partial charge is 0.249 e. The monoisotopic (exact) mass is 294 g/mol. The molecule has 3 heteroatoms. The summed E-state index contributed by atoms with van der Waals surface area (Å²) in [5.74, 6) is 0.454. The van der Waals surface area contributed by atoms with Crippen LogP contribution in [-0.4, -0.2) is 5.91 Å². The van der Waals surface area contributed by atoms with Gasteiger partial charge in [-0.25, -0.2) is 0 Å². The molecule has 1 saturated heterocycles. The first-order chi connectivity index (χ1) is 10.4. The first-order valence-electron chi connectivity index (χ1n) is 7.71. The zero-order valence-electron chi connectivity index (χ0n) is 13.5. The number of nitrogens with one attached hydrogen (secondary N) is 2. The quantitative estimate of drug-likeness (QED) is 0.880. The van der Waals surface area contributed by atoms with Crippen molar-refractivity contribution in [3.05, 3.63) is 53.2 Å². The normalized spacial score (nSPS) is 18.8. The third-order valence-corrected chi connectivity index (χ3v) is 4.44. The van der Waals surface area contributed by atoms with E-state index in [-0.39, 0.29) is 5.91 Å². The molecule has 0 saturated carbocycles. The maximum atomic E-state index is 11.9. The van der Waals surface area contributed by atoms with Crippen molar-refractivity contribution in [2.45, 2.75) is 33.6 Å². The molecule has 0 radical (unpaired) electrons. The van der Waals surface area contributed by atoms with E-state index in [1.165, 1.54) is 16.3 Å². The second kappa shape index (κ2) is 5.16. The van der Waals surface area contributed by atoms with Crippen molar-refractivity contribution in [1.29, 1.82) is 0 Å². The van der Waals surface area contributed by atoms with Crippen molar-refractivity contribution in [1.82, 2.24) is 10.9 Å². The molecule has 2 aromatic carbocycles. The molecule has 0 unspecified atom stereocenters. The van der Waals surface area contributed by atoms with Gasteiger partial charge < -0.3 is 5.43 Å². The van der Waals surface area contributed by atoms with Crippen LogP contribution in [0.4, 0.5) is 0 Å². The van der Waals surface area contributed by atoms with Crippen LogP contribution in [0.1, 0.15) is 44.7 Å². The summed E-state index contributed by atoms with van der Waals surface area (Å²) in [6.07, 6.45) is 2.09. The second-order valence-electron chi connectivity index (χ2n) is 6.71. The largest absolute Gasteiger partial charge is 0.302 e. The molecule has 0 aliphatic carbocycles. The van der Waals surface area contributed by atoms with E-state index >= 15 is 0 Å². The highest BCUT2D eigenvalue weighted by Gasteiger charge is 2.37. The van der Waals surface area contributed by atoms with Crippen LogP contribution in [-0.2, 0) is 4.79 Å². The number of hydrazine groups is 1. The molecule has 1 fully saturated rings. The molecule has 114 valence electrons. The fourth-order valence-corrected chi connectivity index (χ4v) is 2.93. The van der Waals surface area contributed by atoms with Gasteiger partial charge in [0.25, 0.3) is 0 Å². The molecular weight excluding hydrogens is 272 g/mol. The van der Waals surface area contributed by atoms with Crippen molar-refractivity contribution in [2.75, 3.05) is 0 Å². The third-order valence-electron chi connectivity index (χ3n) is 4.44. The summed E-state index contributed by atoms with van der Waals surface area (Å²) in [7, 11) is 0. The average Bonchev–Trinajstić information content (AvgIpc) is 2.73. The van der Waals surface area contributed by atoms with E-state index in [2.05, 4.69) is 67.2 Å². The lowest BCUT2D eigenvalue weighted by atomic mass is 9.87. The molecule has 0 bridgehead atoms. The predicted octanol–water partition coefficient (Wildman–Crippen LogP) is 3.96. The summed E-state index contributed by atoms with van der Waals surface area (Å²) in [5.41, 5.74) is 8.58. The maximum absolute atomic E-state index is 11.9. The highest BCUT2D eigenvalue weighted by molar-refractivity contribution is 5.96. The van der Waals surface area contributed by atoms with E-state index in [0.29, 0.717) is 5.92 Å². The average molecular weight is 294 g/mol. The van der Waals surface area contributed by atoms with E-state index in [1.807, 2.05) is 13.8 Å². The number of hydrogen-bond donors (Lipinski definition) is 2. The van der Waals surface area contributed by atoms with Gasteiger partial charge in [0, 0.05) is 5.70 Å². The molecule has 1 aliphatic heterocycles. The van der Waals surface area contributed by atoms with Crippen molar-refractivity contribution in [3.8, 4) is 0 Å². The Bertz CT molecular complexity index is 767. The van der Waals surface area contributed by atoms with Gasteiger partial charge in [0.05, 0.1) is 5.41 Å². The van der Waals surface area contributed by atoms with Crippen LogP contribution in [0.5, 0.6) is 0 Å². The van der Waals surface area contributed by atoms with Crippen LogP contribution >= 0.6 is 0 Å². The van der Waals surface area contributed by atoms with Crippen molar-refractivity contribution >= 4 is 22.8 Å². The highest BCUT2D eigenvalue weighted by Crippen LogP contribution is 2.33. The van der Waals surface area contributed by atoms with Gasteiger partial charge in [-0.1, -0.05) is 50.2 Å². The Morgan fingerprint density at radius 1 is 1.05 bits per heavy atom. The Labute approximate surface area is 131 Å². The number of carbonyl (C=O) groups is 1. The molecule has 3 rings (SSSR count). The minimum atomic E-state index is -0.533. The van der Waals surface area contributed by atoms with Crippen LogP contribution in [0, 0.1) is 5.41 Å². The summed E-state index contributed by atoms with van der Waals surface area (Å²) >= 11 is 0. The number of fused-ring (bicyclic) bond motifs is 1. The van der Waals surface area contributed by atoms with Crippen LogP contribution in [0.15, 0.2) is 42.1 Å². The van der Waals surface area contributed by atoms with Gasteiger partial charge >= 0.3 is 0 Å². The Hall–Kier alpha value is -2.29. The Kier molecular flexibility index (Phi) is 3.44. The molecule has 1 amide bonds. The van der Waals surface area contributed by atoms with Gasteiger partial charge in [0.15, 0.2) is 0 Å². The molecule has 1 aliphatic rings. The minimum Gasteiger partial charge on any atom is -0.302 e. The third kappa shape index (κ3) is 2.27. The van der Waals surface area contributed by atoms with Crippen molar-refractivity contribution < 1.29 is 4.79 Å². The van der Waals surface area contributed by atoms with E-state index in [0.717, 1.165) is 11.3 Å². The lowest BCUT2D eigenvalue weighted by Crippen LogP contribution is -2.28.